The van der Waals surface area contributed by atoms with Crippen LogP contribution in [0.4, 0.5) is 4.39 Å². The van der Waals surface area contributed by atoms with Gasteiger partial charge in [-0.25, -0.2) is 9.37 Å². The van der Waals surface area contributed by atoms with E-state index in [1.807, 2.05) is 20.8 Å². The van der Waals surface area contributed by atoms with Crippen LogP contribution in [0.3, 0.4) is 0 Å². The minimum Gasteiger partial charge on any atom is -0.347 e. The van der Waals surface area contributed by atoms with Crippen LogP contribution in [0.15, 0.2) is 29.1 Å². The van der Waals surface area contributed by atoms with E-state index >= 15 is 0 Å². The van der Waals surface area contributed by atoms with Crippen LogP contribution in [0.25, 0.3) is 10.9 Å². The lowest BCUT2D eigenvalue weighted by molar-refractivity contribution is -0.125. The summed E-state index contributed by atoms with van der Waals surface area (Å²) in [6.45, 7) is 8.02. The van der Waals surface area contributed by atoms with Crippen molar-refractivity contribution in [1.82, 2.24) is 30.4 Å². The number of hydrogen-bond donors (Lipinski definition) is 4. The van der Waals surface area contributed by atoms with Crippen molar-refractivity contribution in [3.63, 3.8) is 0 Å². The van der Waals surface area contributed by atoms with Gasteiger partial charge < -0.3 is 21.4 Å². The van der Waals surface area contributed by atoms with Crippen molar-refractivity contribution in [2.45, 2.75) is 59.7 Å². The fourth-order valence-corrected chi connectivity index (χ4v) is 3.80. The summed E-state index contributed by atoms with van der Waals surface area (Å²) in [7, 11) is 0. The summed E-state index contributed by atoms with van der Waals surface area (Å²) in [6.07, 6.45) is 1.43. The molecule has 10 nitrogen and oxygen atoms in total. The second kappa shape index (κ2) is 10.8. The number of benzene rings is 1. The Labute approximate surface area is 202 Å². The molecule has 3 rings (SSSR count). The zero-order valence-corrected chi connectivity index (χ0v) is 20.4. The molecular formula is C24H32FN7O3. The highest BCUT2D eigenvalue weighted by Gasteiger charge is 2.34. The summed E-state index contributed by atoms with van der Waals surface area (Å²) in [4.78, 5) is 44.8. The molecular weight excluding hydrogens is 453 g/mol. The van der Waals surface area contributed by atoms with Crippen molar-refractivity contribution in [1.29, 1.82) is 0 Å². The van der Waals surface area contributed by atoms with Crippen LogP contribution < -0.4 is 21.9 Å². The normalized spacial score (nSPS) is 12.5. The highest BCUT2D eigenvalue weighted by atomic mass is 19.1. The van der Waals surface area contributed by atoms with Gasteiger partial charge in [0.2, 0.25) is 5.91 Å². The number of para-hydroxylation sites is 1. The Hall–Kier alpha value is -3.60. The number of aromatic nitrogens is 4. The second-order valence-corrected chi connectivity index (χ2v) is 9.53. The number of hydrogen-bond acceptors (Lipinski definition) is 6. The van der Waals surface area contributed by atoms with Crippen molar-refractivity contribution in [3.8, 4) is 0 Å². The molecule has 35 heavy (non-hydrogen) atoms. The molecule has 5 N–H and O–H groups in total. The lowest BCUT2D eigenvalue weighted by Crippen LogP contribution is -2.53. The number of amides is 2. The van der Waals surface area contributed by atoms with E-state index in [2.05, 4.69) is 25.7 Å². The topological polar surface area (TPSA) is 148 Å². The van der Waals surface area contributed by atoms with Gasteiger partial charge in [-0.2, -0.15) is 5.10 Å². The monoisotopic (exact) mass is 485 g/mol. The summed E-state index contributed by atoms with van der Waals surface area (Å²) >= 11 is 0. The lowest BCUT2D eigenvalue weighted by Gasteiger charge is -2.30. The Bertz CT molecular complexity index is 1280. The second-order valence-electron chi connectivity index (χ2n) is 9.53. The third-order valence-electron chi connectivity index (χ3n) is 5.51. The maximum Gasteiger partial charge on any atom is 0.273 e. The summed E-state index contributed by atoms with van der Waals surface area (Å²) in [5.74, 6) is -1.21. The molecule has 1 aromatic carbocycles. The zero-order valence-electron chi connectivity index (χ0n) is 20.4. The molecule has 3 aromatic rings. The molecule has 2 heterocycles. The Kier molecular flexibility index (Phi) is 8.00. The summed E-state index contributed by atoms with van der Waals surface area (Å²) in [5.41, 5.74) is 5.40. The fraction of sp³-hybridized carbons (Fsp3) is 0.458. The van der Waals surface area contributed by atoms with E-state index in [0.717, 1.165) is 6.42 Å². The average molecular weight is 486 g/mol. The molecule has 0 aliphatic rings. The summed E-state index contributed by atoms with van der Waals surface area (Å²) in [6, 6.07) is 4.89. The van der Waals surface area contributed by atoms with Gasteiger partial charge in [0.25, 0.3) is 11.5 Å². The molecule has 0 fully saturated rings. The van der Waals surface area contributed by atoms with E-state index in [9.17, 15) is 18.8 Å². The Morgan fingerprint density at radius 2 is 2.00 bits per heavy atom. The lowest BCUT2D eigenvalue weighted by atomic mass is 9.86. The molecule has 1 unspecified atom stereocenters. The van der Waals surface area contributed by atoms with Crippen LogP contribution in [0.2, 0.25) is 0 Å². The molecule has 0 saturated carbocycles. The molecule has 11 heteroatoms. The molecule has 2 amide bonds. The van der Waals surface area contributed by atoms with Gasteiger partial charge in [0.1, 0.15) is 23.2 Å². The fourth-order valence-electron chi connectivity index (χ4n) is 3.80. The number of rotatable bonds is 9. The van der Waals surface area contributed by atoms with Gasteiger partial charge in [-0.3, -0.25) is 19.1 Å². The number of unbranched alkanes of at least 4 members (excludes halogenated alkanes) is 1. The number of nitrogens with one attached hydrogen (secondary N) is 3. The number of carbonyl (C=O) groups excluding carboxylic acids is 2. The minimum absolute atomic E-state index is 0.0118. The molecule has 0 bridgehead atoms. The van der Waals surface area contributed by atoms with Gasteiger partial charge in [-0.05, 0) is 37.8 Å². The minimum atomic E-state index is -0.933. The van der Waals surface area contributed by atoms with Crippen LogP contribution in [-0.2, 0) is 17.9 Å². The van der Waals surface area contributed by atoms with Gasteiger partial charge in [-0.15, -0.1) is 0 Å². The third kappa shape index (κ3) is 6.30. The number of H-pyrrole nitrogens is 1. The molecule has 188 valence electrons. The highest BCUT2D eigenvalue weighted by molar-refractivity contribution is 6.06. The molecule has 2 aromatic heterocycles. The molecule has 0 saturated heterocycles. The maximum absolute atomic E-state index is 14.6. The predicted octanol–water partition coefficient (Wildman–Crippen LogP) is 1.77. The quantitative estimate of drug-likeness (QED) is 0.340. The Morgan fingerprint density at radius 1 is 1.26 bits per heavy atom. The number of fused-ring (bicyclic) bond motifs is 1. The number of carbonyl (C=O) groups is 2. The van der Waals surface area contributed by atoms with E-state index in [1.165, 1.54) is 22.9 Å². The predicted molar refractivity (Wildman–Crippen MR) is 130 cm³/mol. The van der Waals surface area contributed by atoms with E-state index in [0.29, 0.717) is 36.4 Å². The van der Waals surface area contributed by atoms with E-state index < -0.39 is 29.1 Å². The van der Waals surface area contributed by atoms with Gasteiger partial charge >= 0.3 is 0 Å². The Morgan fingerprint density at radius 3 is 2.66 bits per heavy atom. The first-order valence-corrected chi connectivity index (χ1v) is 11.5. The molecule has 1 atom stereocenters. The van der Waals surface area contributed by atoms with Gasteiger partial charge in [-0.1, -0.05) is 32.9 Å². The van der Waals surface area contributed by atoms with Crippen molar-refractivity contribution in [2.24, 2.45) is 11.1 Å². The van der Waals surface area contributed by atoms with E-state index in [1.54, 1.807) is 13.0 Å². The highest BCUT2D eigenvalue weighted by Crippen LogP contribution is 2.24. The SMILES string of the molecule is Cc1cc(=O)[nH]c(CNC(=O)C(NC(=O)c2nn(CCCCN)c3c(F)cccc23)C(C)(C)C)n1. The largest absolute Gasteiger partial charge is 0.347 e. The van der Waals surface area contributed by atoms with Crippen LogP contribution in [0.1, 0.15) is 55.6 Å². The number of halogens is 1. The van der Waals surface area contributed by atoms with Gasteiger partial charge in [0.15, 0.2) is 5.69 Å². The standard InChI is InChI=1S/C24H32FN7O3/c1-14-12-18(33)29-17(28-14)13-27-23(35)21(24(2,3)4)30-22(34)19-15-8-7-9-16(25)20(15)32(31-19)11-6-5-10-26/h7-9,12,21H,5-6,10-11,13,26H2,1-4H3,(H,27,35)(H,30,34)(H,28,29,33). The first kappa shape index (κ1) is 26.0. The maximum atomic E-state index is 14.6. The Balaban J connectivity index is 1.84. The molecule has 0 aliphatic carbocycles. The van der Waals surface area contributed by atoms with Crippen molar-refractivity contribution < 1.29 is 14.0 Å². The number of aromatic amines is 1. The third-order valence-corrected chi connectivity index (χ3v) is 5.51. The average Bonchev–Trinajstić information content (AvgIpc) is 3.14. The van der Waals surface area contributed by atoms with E-state index in [-0.39, 0.29) is 23.3 Å². The molecule has 0 radical (unpaired) electrons. The zero-order chi connectivity index (χ0) is 25.8. The van der Waals surface area contributed by atoms with E-state index in [4.69, 9.17) is 5.73 Å². The first-order chi connectivity index (χ1) is 16.5. The van der Waals surface area contributed by atoms with Crippen LogP contribution in [-0.4, -0.2) is 44.1 Å². The summed E-state index contributed by atoms with van der Waals surface area (Å²) < 4.78 is 16.1. The van der Waals surface area contributed by atoms with Crippen molar-refractivity contribution in [2.75, 3.05) is 6.54 Å². The van der Waals surface area contributed by atoms with Crippen LogP contribution >= 0.6 is 0 Å². The first-order valence-electron chi connectivity index (χ1n) is 11.5. The van der Waals surface area contributed by atoms with Crippen molar-refractivity contribution >= 4 is 22.7 Å². The number of nitrogens with zero attached hydrogens (tertiary/aromatic N) is 3. The number of aryl methyl sites for hydroxylation is 2. The molecule has 0 spiro atoms. The number of nitrogens with two attached hydrogens (primary N) is 1. The van der Waals surface area contributed by atoms with Crippen LogP contribution in [0, 0.1) is 18.2 Å². The van der Waals surface area contributed by atoms with Crippen LogP contribution in [0.5, 0.6) is 0 Å². The molecule has 0 aliphatic heterocycles. The smallest absolute Gasteiger partial charge is 0.273 e. The van der Waals surface area contributed by atoms with Gasteiger partial charge in [0.05, 0.1) is 6.54 Å². The van der Waals surface area contributed by atoms with Crippen molar-refractivity contribution in [3.05, 3.63) is 57.6 Å². The van der Waals surface area contributed by atoms with Gasteiger partial charge in [0, 0.05) is 23.7 Å². The summed E-state index contributed by atoms with van der Waals surface area (Å²) in [5, 5.41) is 10.2.